The van der Waals surface area contributed by atoms with Crippen LogP contribution in [0, 0.1) is 0 Å². The first-order valence-electron chi connectivity index (χ1n) is 10.1. The van der Waals surface area contributed by atoms with E-state index >= 15 is 0 Å². The average molecular weight is 389 g/mol. The van der Waals surface area contributed by atoms with E-state index in [-0.39, 0.29) is 17.9 Å². The first-order valence-corrected chi connectivity index (χ1v) is 10.1. The number of nitrogens with zero attached hydrogens (tertiary/aromatic N) is 2. The van der Waals surface area contributed by atoms with E-state index in [1.807, 2.05) is 58.5 Å². The molecule has 2 aromatic carbocycles. The van der Waals surface area contributed by atoms with Crippen LogP contribution in [0.25, 0.3) is 10.9 Å². The Morgan fingerprint density at radius 2 is 1.79 bits per heavy atom. The van der Waals surface area contributed by atoms with Crippen LogP contribution in [0.3, 0.4) is 0 Å². The maximum absolute atomic E-state index is 13.2. The van der Waals surface area contributed by atoms with Gasteiger partial charge in [-0.05, 0) is 17.7 Å². The van der Waals surface area contributed by atoms with Crippen LogP contribution in [0.4, 0.5) is 0 Å². The Hall–Kier alpha value is -3.12. The van der Waals surface area contributed by atoms with Gasteiger partial charge in [0.1, 0.15) is 0 Å². The molecule has 1 saturated heterocycles. The van der Waals surface area contributed by atoms with Crippen molar-refractivity contribution in [1.82, 2.24) is 14.8 Å². The smallest absolute Gasteiger partial charge is 0.255 e. The second-order valence-corrected chi connectivity index (χ2v) is 7.52. The molecule has 3 aromatic rings. The van der Waals surface area contributed by atoms with E-state index in [4.69, 9.17) is 4.74 Å². The summed E-state index contributed by atoms with van der Waals surface area (Å²) in [6, 6.07) is 15.7. The number of para-hydroxylation sites is 1. The molecule has 5 rings (SSSR count). The van der Waals surface area contributed by atoms with Crippen LogP contribution >= 0.6 is 0 Å². The number of benzene rings is 2. The van der Waals surface area contributed by atoms with E-state index in [0.29, 0.717) is 39.3 Å². The number of nitrogens with one attached hydrogen (secondary N) is 1. The van der Waals surface area contributed by atoms with Crippen molar-refractivity contribution in [3.05, 3.63) is 71.4 Å². The number of aromatic nitrogens is 1. The number of ether oxygens (including phenoxy) is 1. The van der Waals surface area contributed by atoms with Crippen LogP contribution in [0.1, 0.15) is 33.9 Å². The fourth-order valence-electron chi connectivity index (χ4n) is 4.44. The molecular formula is C23H23N3O3. The van der Waals surface area contributed by atoms with Gasteiger partial charge in [-0.1, -0.05) is 36.4 Å². The molecule has 0 aliphatic carbocycles. The highest BCUT2D eigenvalue weighted by molar-refractivity contribution is 6.01. The average Bonchev–Trinajstić information content (AvgIpc) is 3.31. The normalized spacial score (nSPS) is 19.0. The Kier molecular flexibility index (Phi) is 4.56. The monoisotopic (exact) mass is 389 g/mol. The number of amides is 2. The van der Waals surface area contributed by atoms with Gasteiger partial charge in [0.25, 0.3) is 5.91 Å². The number of carbonyl (C=O) groups is 2. The van der Waals surface area contributed by atoms with Gasteiger partial charge in [-0.15, -0.1) is 0 Å². The Labute approximate surface area is 169 Å². The highest BCUT2D eigenvalue weighted by atomic mass is 16.5. The number of fused-ring (bicyclic) bond motifs is 2. The number of aromatic amines is 1. The standard InChI is InChI=1S/C23H23N3O3/c27-21(25-11-13-29-14-12-25)9-10-26-22(17-6-1-2-7-18(17)23(26)28)19-15-24-20-8-4-3-5-16(19)20/h1-8,15,22,24H,9-14H2/t22-/m1/s1. The summed E-state index contributed by atoms with van der Waals surface area (Å²) in [4.78, 5) is 32.9. The Morgan fingerprint density at radius 1 is 1.03 bits per heavy atom. The van der Waals surface area contributed by atoms with Crippen LogP contribution in [-0.4, -0.2) is 59.4 Å². The minimum Gasteiger partial charge on any atom is -0.378 e. The first-order chi connectivity index (χ1) is 14.2. The van der Waals surface area contributed by atoms with Gasteiger partial charge >= 0.3 is 0 Å². The molecule has 1 atom stereocenters. The number of carbonyl (C=O) groups excluding carboxylic acids is 2. The number of morpholine rings is 1. The first kappa shape index (κ1) is 17.9. The van der Waals surface area contributed by atoms with E-state index in [1.165, 1.54) is 0 Å². The van der Waals surface area contributed by atoms with Gasteiger partial charge in [-0.25, -0.2) is 0 Å². The number of hydrogen-bond acceptors (Lipinski definition) is 3. The molecule has 29 heavy (non-hydrogen) atoms. The number of H-pyrrole nitrogens is 1. The lowest BCUT2D eigenvalue weighted by molar-refractivity contribution is -0.135. The SMILES string of the molecule is O=C(CCN1C(=O)c2ccccc2[C@@H]1c1c[nH]c2ccccc12)N1CCOCC1. The minimum absolute atomic E-state index is 0.00865. The summed E-state index contributed by atoms with van der Waals surface area (Å²) >= 11 is 0. The van der Waals surface area contributed by atoms with Crippen molar-refractivity contribution in [2.45, 2.75) is 12.5 Å². The van der Waals surface area contributed by atoms with Crippen molar-refractivity contribution in [2.24, 2.45) is 0 Å². The predicted molar refractivity (Wildman–Crippen MR) is 110 cm³/mol. The number of rotatable bonds is 4. The van der Waals surface area contributed by atoms with Gasteiger partial charge in [0.15, 0.2) is 0 Å². The summed E-state index contributed by atoms with van der Waals surface area (Å²) in [5, 5.41) is 1.10. The van der Waals surface area contributed by atoms with E-state index < -0.39 is 0 Å². The van der Waals surface area contributed by atoms with Gasteiger partial charge in [-0.2, -0.15) is 0 Å². The largest absolute Gasteiger partial charge is 0.378 e. The molecule has 0 unspecified atom stereocenters. The molecule has 148 valence electrons. The zero-order valence-corrected chi connectivity index (χ0v) is 16.1. The van der Waals surface area contributed by atoms with Crippen molar-refractivity contribution < 1.29 is 14.3 Å². The minimum atomic E-state index is -0.188. The third-order valence-corrected chi connectivity index (χ3v) is 5.90. The Morgan fingerprint density at radius 3 is 2.66 bits per heavy atom. The molecule has 1 N–H and O–H groups in total. The van der Waals surface area contributed by atoms with Gasteiger partial charge in [0.2, 0.25) is 5.91 Å². The molecule has 2 aliphatic rings. The molecule has 2 aliphatic heterocycles. The summed E-state index contributed by atoms with van der Waals surface area (Å²) in [6.07, 6.45) is 2.31. The third kappa shape index (κ3) is 3.09. The fraction of sp³-hybridized carbons (Fsp3) is 0.304. The summed E-state index contributed by atoms with van der Waals surface area (Å²) in [6.45, 7) is 2.81. The lowest BCUT2D eigenvalue weighted by atomic mass is 9.97. The van der Waals surface area contributed by atoms with Gasteiger partial charge in [0, 0.05) is 54.3 Å². The summed E-state index contributed by atoms with van der Waals surface area (Å²) in [5.41, 5.74) is 3.84. The number of hydrogen-bond donors (Lipinski definition) is 1. The van der Waals surface area contributed by atoms with Crippen LogP contribution in [0.5, 0.6) is 0 Å². The molecule has 2 amide bonds. The molecule has 6 nitrogen and oxygen atoms in total. The van der Waals surface area contributed by atoms with E-state index in [1.54, 1.807) is 0 Å². The Bertz CT molecular complexity index is 1070. The predicted octanol–water partition coefficient (Wildman–Crippen LogP) is 2.96. The lowest BCUT2D eigenvalue weighted by Crippen LogP contribution is -2.42. The van der Waals surface area contributed by atoms with Crippen molar-refractivity contribution in [3.63, 3.8) is 0 Å². The molecule has 6 heteroatoms. The molecule has 1 fully saturated rings. The lowest BCUT2D eigenvalue weighted by Gasteiger charge is -2.29. The van der Waals surface area contributed by atoms with Gasteiger partial charge in [0.05, 0.1) is 19.3 Å². The van der Waals surface area contributed by atoms with Crippen LogP contribution in [0.2, 0.25) is 0 Å². The van der Waals surface area contributed by atoms with Gasteiger partial charge in [-0.3, -0.25) is 9.59 Å². The molecule has 1 aromatic heterocycles. The van der Waals surface area contributed by atoms with Crippen molar-refractivity contribution in [1.29, 1.82) is 0 Å². The Balaban J connectivity index is 1.46. The maximum atomic E-state index is 13.2. The highest BCUT2D eigenvalue weighted by Gasteiger charge is 2.38. The molecule has 0 saturated carbocycles. The van der Waals surface area contributed by atoms with Crippen LogP contribution in [0.15, 0.2) is 54.7 Å². The van der Waals surface area contributed by atoms with E-state index in [9.17, 15) is 9.59 Å². The van der Waals surface area contributed by atoms with Crippen molar-refractivity contribution >= 4 is 22.7 Å². The zero-order valence-electron chi connectivity index (χ0n) is 16.1. The van der Waals surface area contributed by atoms with Crippen molar-refractivity contribution in [3.8, 4) is 0 Å². The molecule has 0 bridgehead atoms. The molecular weight excluding hydrogens is 366 g/mol. The van der Waals surface area contributed by atoms with Crippen molar-refractivity contribution in [2.75, 3.05) is 32.8 Å². The van der Waals surface area contributed by atoms with Gasteiger partial charge < -0.3 is 19.5 Å². The highest BCUT2D eigenvalue weighted by Crippen LogP contribution is 2.41. The zero-order chi connectivity index (χ0) is 19.8. The van der Waals surface area contributed by atoms with Crippen LogP contribution in [-0.2, 0) is 9.53 Å². The molecule has 0 radical (unpaired) electrons. The summed E-state index contributed by atoms with van der Waals surface area (Å²) < 4.78 is 5.33. The van der Waals surface area contributed by atoms with Crippen LogP contribution < -0.4 is 0 Å². The summed E-state index contributed by atoms with van der Waals surface area (Å²) in [5.74, 6) is 0.0698. The summed E-state index contributed by atoms with van der Waals surface area (Å²) in [7, 11) is 0. The fourth-order valence-corrected chi connectivity index (χ4v) is 4.44. The second-order valence-electron chi connectivity index (χ2n) is 7.52. The second kappa shape index (κ2) is 7.37. The maximum Gasteiger partial charge on any atom is 0.255 e. The molecule has 0 spiro atoms. The van der Waals surface area contributed by atoms with E-state index in [0.717, 1.165) is 27.6 Å². The quantitative estimate of drug-likeness (QED) is 0.746. The molecule has 3 heterocycles. The third-order valence-electron chi connectivity index (χ3n) is 5.90. The van der Waals surface area contributed by atoms with E-state index in [2.05, 4.69) is 11.1 Å². The topological polar surface area (TPSA) is 65.6 Å².